The number of pyridine rings is 1. The number of nitrogens with zero attached hydrogens (tertiary/aromatic N) is 2. The Labute approximate surface area is 122 Å². The topological polar surface area (TPSA) is 79.7 Å². The fourth-order valence-electron chi connectivity index (χ4n) is 2.07. The molecule has 0 unspecified atom stereocenters. The Bertz CT molecular complexity index is 652. The smallest absolute Gasteiger partial charge is 0.323 e. The number of carboxylic acid groups (broad SMARTS) is 1. The molecule has 0 aliphatic carbocycles. The molecule has 1 heterocycles. The first-order chi connectivity index (χ1) is 10.1. The molecular formula is C15H16N2O4. The summed E-state index contributed by atoms with van der Waals surface area (Å²) in [4.78, 5) is 28.8. The number of hydrogen-bond acceptors (Lipinski definition) is 4. The molecular weight excluding hydrogens is 272 g/mol. The van der Waals surface area contributed by atoms with Crippen molar-refractivity contribution in [3.63, 3.8) is 0 Å². The molecule has 0 saturated carbocycles. The largest absolute Gasteiger partial charge is 0.480 e. The monoisotopic (exact) mass is 288 g/mol. The van der Waals surface area contributed by atoms with Crippen LogP contribution in [0.15, 0.2) is 36.7 Å². The first-order valence-electron chi connectivity index (χ1n) is 6.46. The van der Waals surface area contributed by atoms with Crippen LogP contribution in [0.1, 0.15) is 10.4 Å². The highest BCUT2D eigenvalue weighted by atomic mass is 16.5. The van der Waals surface area contributed by atoms with E-state index in [2.05, 4.69) is 4.98 Å². The van der Waals surface area contributed by atoms with E-state index in [1.54, 1.807) is 6.20 Å². The molecule has 0 aliphatic rings. The standard InChI is InChI=1S/C15H16N2O4/c1-21-7-6-17(10-14(18)19)15(20)13-9-16-8-11-4-2-3-5-12(11)13/h2-5,8-9H,6-7,10H2,1H3,(H,18,19). The fourth-order valence-corrected chi connectivity index (χ4v) is 2.07. The van der Waals surface area contributed by atoms with Crippen molar-refractivity contribution in [3.8, 4) is 0 Å². The van der Waals surface area contributed by atoms with E-state index in [1.807, 2.05) is 24.3 Å². The van der Waals surface area contributed by atoms with Gasteiger partial charge in [0.1, 0.15) is 6.54 Å². The molecule has 0 aliphatic heterocycles. The summed E-state index contributed by atoms with van der Waals surface area (Å²) in [6.45, 7) is 0.119. The van der Waals surface area contributed by atoms with Crippen LogP contribution in [0.2, 0.25) is 0 Å². The van der Waals surface area contributed by atoms with E-state index in [1.165, 1.54) is 18.2 Å². The van der Waals surface area contributed by atoms with Crippen molar-refractivity contribution in [1.29, 1.82) is 0 Å². The van der Waals surface area contributed by atoms with Gasteiger partial charge in [-0.05, 0) is 5.39 Å². The molecule has 0 bridgehead atoms. The van der Waals surface area contributed by atoms with Crippen LogP contribution in [-0.4, -0.2) is 53.7 Å². The Hall–Kier alpha value is -2.47. The minimum absolute atomic E-state index is 0.213. The van der Waals surface area contributed by atoms with E-state index >= 15 is 0 Å². The summed E-state index contributed by atoms with van der Waals surface area (Å²) >= 11 is 0. The van der Waals surface area contributed by atoms with Gasteiger partial charge in [-0.25, -0.2) is 0 Å². The number of ether oxygens (including phenoxy) is 1. The Kier molecular flexibility index (Phi) is 4.84. The van der Waals surface area contributed by atoms with Crippen molar-refractivity contribution in [2.24, 2.45) is 0 Å². The Balaban J connectivity index is 2.35. The van der Waals surface area contributed by atoms with Gasteiger partial charge < -0.3 is 14.7 Å². The molecule has 1 amide bonds. The lowest BCUT2D eigenvalue weighted by atomic mass is 10.1. The summed E-state index contributed by atoms with van der Waals surface area (Å²) in [7, 11) is 1.50. The van der Waals surface area contributed by atoms with E-state index in [0.29, 0.717) is 5.56 Å². The zero-order chi connectivity index (χ0) is 15.2. The zero-order valence-corrected chi connectivity index (χ0v) is 11.7. The minimum Gasteiger partial charge on any atom is -0.480 e. The van der Waals surface area contributed by atoms with Gasteiger partial charge in [-0.1, -0.05) is 24.3 Å². The van der Waals surface area contributed by atoms with E-state index in [9.17, 15) is 9.59 Å². The van der Waals surface area contributed by atoms with Gasteiger partial charge in [0.15, 0.2) is 0 Å². The third-order valence-corrected chi connectivity index (χ3v) is 3.08. The number of carbonyl (C=O) groups is 2. The number of aliphatic carboxylic acids is 1. The summed E-state index contributed by atoms with van der Waals surface area (Å²) < 4.78 is 4.92. The quantitative estimate of drug-likeness (QED) is 0.869. The van der Waals surface area contributed by atoms with Crippen LogP contribution in [0.4, 0.5) is 0 Å². The molecule has 6 nitrogen and oxygen atoms in total. The molecule has 21 heavy (non-hydrogen) atoms. The van der Waals surface area contributed by atoms with Gasteiger partial charge in [-0.3, -0.25) is 14.6 Å². The van der Waals surface area contributed by atoms with Crippen molar-refractivity contribution >= 4 is 22.6 Å². The average molecular weight is 288 g/mol. The minimum atomic E-state index is -1.06. The summed E-state index contributed by atoms with van der Waals surface area (Å²) in [5.74, 6) is -1.42. The second kappa shape index (κ2) is 6.81. The summed E-state index contributed by atoms with van der Waals surface area (Å²) in [5.41, 5.74) is 0.394. The maximum Gasteiger partial charge on any atom is 0.323 e. The predicted octanol–water partition coefficient (Wildman–Crippen LogP) is 1.41. The molecule has 0 spiro atoms. The molecule has 1 aromatic carbocycles. The van der Waals surface area contributed by atoms with E-state index < -0.39 is 5.97 Å². The lowest BCUT2D eigenvalue weighted by Gasteiger charge is -2.20. The number of benzene rings is 1. The van der Waals surface area contributed by atoms with Crippen LogP contribution in [0.5, 0.6) is 0 Å². The van der Waals surface area contributed by atoms with Crippen LogP contribution in [0.3, 0.4) is 0 Å². The van der Waals surface area contributed by atoms with Crippen LogP contribution in [0, 0.1) is 0 Å². The lowest BCUT2D eigenvalue weighted by Crippen LogP contribution is -2.38. The number of carbonyl (C=O) groups excluding carboxylic acids is 1. The van der Waals surface area contributed by atoms with E-state index in [-0.39, 0.29) is 25.6 Å². The van der Waals surface area contributed by atoms with Crippen molar-refractivity contribution in [2.75, 3.05) is 26.8 Å². The third kappa shape index (κ3) is 3.55. The Morgan fingerprint density at radius 3 is 2.76 bits per heavy atom. The van der Waals surface area contributed by atoms with Crippen LogP contribution in [-0.2, 0) is 9.53 Å². The second-order valence-corrected chi connectivity index (χ2v) is 4.52. The van der Waals surface area contributed by atoms with Crippen LogP contribution >= 0.6 is 0 Å². The highest BCUT2D eigenvalue weighted by Gasteiger charge is 2.20. The predicted molar refractivity (Wildman–Crippen MR) is 77.2 cm³/mol. The number of hydrogen-bond donors (Lipinski definition) is 1. The second-order valence-electron chi connectivity index (χ2n) is 4.52. The number of methoxy groups -OCH3 is 1. The van der Waals surface area contributed by atoms with Gasteiger partial charge in [0.2, 0.25) is 0 Å². The number of rotatable bonds is 6. The SMILES string of the molecule is COCCN(CC(=O)O)C(=O)c1cncc2ccccc12. The molecule has 2 rings (SSSR count). The fraction of sp³-hybridized carbons (Fsp3) is 0.267. The zero-order valence-electron chi connectivity index (χ0n) is 11.7. The summed E-state index contributed by atoms with van der Waals surface area (Å²) in [6, 6.07) is 7.36. The third-order valence-electron chi connectivity index (χ3n) is 3.08. The number of amides is 1. The number of aromatic nitrogens is 1. The van der Waals surface area contributed by atoms with Gasteiger partial charge in [0.05, 0.1) is 12.2 Å². The Morgan fingerprint density at radius 1 is 1.29 bits per heavy atom. The molecule has 0 atom stereocenters. The molecule has 1 N–H and O–H groups in total. The first kappa shape index (κ1) is 14.9. The molecule has 2 aromatic rings. The number of fused-ring (bicyclic) bond motifs is 1. The summed E-state index contributed by atoms with van der Waals surface area (Å²) in [5, 5.41) is 10.5. The van der Waals surface area contributed by atoms with Crippen molar-refractivity contribution < 1.29 is 19.4 Å². The van der Waals surface area contributed by atoms with Crippen molar-refractivity contribution in [2.45, 2.75) is 0 Å². The van der Waals surface area contributed by atoms with Gasteiger partial charge in [0.25, 0.3) is 5.91 Å². The average Bonchev–Trinajstić information content (AvgIpc) is 2.50. The molecule has 0 fully saturated rings. The van der Waals surface area contributed by atoms with Gasteiger partial charge >= 0.3 is 5.97 Å². The van der Waals surface area contributed by atoms with Gasteiger partial charge in [-0.15, -0.1) is 0 Å². The maximum absolute atomic E-state index is 12.6. The van der Waals surface area contributed by atoms with Gasteiger partial charge in [-0.2, -0.15) is 0 Å². The van der Waals surface area contributed by atoms with Crippen molar-refractivity contribution in [3.05, 3.63) is 42.2 Å². The molecule has 110 valence electrons. The maximum atomic E-state index is 12.6. The lowest BCUT2D eigenvalue weighted by molar-refractivity contribution is -0.137. The van der Waals surface area contributed by atoms with E-state index in [0.717, 1.165) is 10.8 Å². The highest BCUT2D eigenvalue weighted by Crippen LogP contribution is 2.18. The van der Waals surface area contributed by atoms with Gasteiger partial charge in [0, 0.05) is 31.4 Å². The molecule has 1 aromatic heterocycles. The molecule has 0 radical (unpaired) electrons. The molecule has 6 heteroatoms. The van der Waals surface area contributed by atoms with Crippen LogP contribution < -0.4 is 0 Å². The number of carboxylic acids is 1. The molecule has 0 saturated heterocycles. The summed E-state index contributed by atoms with van der Waals surface area (Å²) in [6.07, 6.45) is 3.13. The first-order valence-corrected chi connectivity index (χ1v) is 6.46. The van der Waals surface area contributed by atoms with E-state index in [4.69, 9.17) is 9.84 Å². The normalized spacial score (nSPS) is 10.5. The highest BCUT2D eigenvalue weighted by molar-refractivity contribution is 6.07. The Morgan fingerprint density at radius 2 is 2.05 bits per heavy atom. The van der Waals surface area contributed by atoms with Crippen LogP contribution in [0.25, 0.3) is 10.8 Å². The van der Waals surface area contributed by atoms with Crippen molar-refractivity contribution in [1.82, 2.24) is 9.88 Å².